The molecule has 3 aromatic carbocycles. The van der Waals surface area contributed by atoms with E-state index in [1.165, 1.54) is 0 Å². The van der Waals surface area contributed by atoms with Gasteiger partial charge in [-0.05, 0) is 46.5 Å². The Balaban J connectivity index is 1.98. The fraction of sp³-hybridized carbons (Fsp3) is 0. The fourth-order valence-corrected chi connectivity index (χ4v) is 5.69. The number of hydrogen-bond acceptors (Lipinski definition) is 5. The van der Waals surface area contributed by atoms with E-state index in [2.05, 4.69) is 0 Å². The average molecular weight is 440 g/mol. The van der Waals surface area contributed by atoms with Gasteiger partial charge in [0.2, 0.25) is 0 Å². The van der Waals surface area contributed by atoms with Gasteiger partial charge in [0, 0.05) is 5.69 Å². The van der Waals surface area contributed by atoms with E-state index >= 15 is 0 Å². The highest BCUT2D eigenvalue weighted by atomic mass is 35.7. The lowest BCUT2D eigenvalue weighted by atomic mass is 10.0. The number of rotatable bonds is 5. The van der Waals surface area contributed by atoms with Crippen molar-refractivity contribution in [2.24, 2.45) is 0 Å². The van der Waals surface area contributed by atoms with Crippen molar-refractivity contribution in [1.29, 1.82) is 0 Å². The molecule has 0 spiro atoms. The van der Waals surface area contributed by atoms with Crippen molar-refractivity contribution in [2.45, 2.75) is 0 Å². The summed E-state index contributed by atoms with van der Waals surface area (Å²) in [5.74, 6) is 0. The van der Waals surface area contributed by atoms with E-state index < -0.39 is 21.0 Å². The van der Waals surface area contributed by atoms with Crippen LogP contribution in [0.3, 0.4) is 0 Å². The number of benzene rings is 3. The third-order valence-corrected chi connectivity index (χ3v) is 7.10. The first-order valence-corrected chi connectivity index (χ1v) is 11.4. The van der Waals surface area contributed by atoms with E-state index in [4.69, 9.17) is 9.47 Å². The van der Waals surface area contributed by atoms with E-state index in [0.29, 0.717) is 15.5 Å². The Labute approximate surface area is 179 Å². The first-order chi connectivity index (χ1) is 14.4. The zero-order chi connectivity index (χ0) is 21.1. The molecule has 30 heavy (non-hydrogen) atoms. The van der Waals surface area contributed by atoms with Gasteiger partial charge < -0.3 is 5.73 Å². The minimum atomic E-state index is -4.64. The molecule has 0 fully saturated rings. The maximum absolute atomic E-state index is 11.6. The lowest BCUT2D eigenvalue weighted by Crippen LogP contribution is -2.60. The van der Waals surface area contributed by atoms with Gasteiger partial charge in [0.15, 0.2) is 0 Å². The van der Waals surface area contributed by atoms with Crippen LogP contribution in [-0.2, 0) is 3.74 Å². The molecule has 1 heterocycles. The molecule has 1 aliphatic heterocycles. The summed E-state index contributed by atoms with van der Waals surface area (Å²) in [6, 6.07) is 26.0. The normalized spacial score (nSPS) is 16.8. The highest BCUT2D eigenvalue weighted by Gasteiger charge is 2.31. The standard InChI is InChI=1S/C23H18ClNO4S/c25-21-13-11-19(12-14-21)23-16-20(17-7-3-1-4-8-17)15-22(18-9-5-2-6-10-18)30(23)29-24(26,27)28/h1-16H,25H2. The zero-order valence-corrected chi connectivity index (χ0v) is 17.3. The summed E-state index contributed by atoms with van der Waals surface area (Å²) in [5.41, 5.74) is 9.74. The van der Waals surface area contributed by atoms with Gasteiger partial charge in [-0.25, -0.2) is 0 Å². The molecule has 1 aliphatic rings. The van der Waals surface area contributed by atoms with Crippen molar-refractivity contribution in [1.82, 2.24) is 0 Å². The minimum Gasteiger partial charge on any atom is -0.399 e. The predicted octanol–water partition coefficient (Wildman–Crippen LogP) is 2.03. The Hall–Kier alpha value is -2.71. The Bertz CT molecular complexity index is 1140. The summed E-state index contributed by atoms with van der Waals surface area (Å²) in [6.07, 6.45) is 3.73. The van der Waals surface area contributed by atoms with Crippen molar-refractivity contribution in [3.63, 3.8) is 0 Å². The van der Waals surface area contributed by atoms with Crippen LogP contribution in [0.25, 0.3) is 10.5 Å². The highest BCUT2D eigenvalue weighted by Crippen LogP contribution is 2.44. The number of nitrogens with two attached hydrogens (primary N) is 1. The topological polar surface area (TPSA) is 104 Å². The third kappa shape index (κ3) is 4.71. The van der Waals surface area contributed by atoms with E-state index in [1.54, 1.807) is 24.3 Å². The van der Waals surface area contributed by atoms with Crippen molar-refractivity contribution in [2.75, 3.05) is 5.73 Å². The molecule has 0 aromatic heterocycles. The molecule has 0 bridgehead atoms. The molecule has 5 nitrogen and oxygen atoms in total. The maximum Gasteiger partial charge on any atom is 0.148 e. The van der Waals surface area contributed by atoms with Crippen molar-refractivity contribution < 1.29 is 28.0 Å². The highest BCUT2D eigenvalue weighted by molar-refractivity contribution is 8.20. The van der Waals surface area contributed by atoms with Crippen LogP contribution in [0, 0.1) is 10.2 Å². The molecule has 7 heteroatoms. The summed E-state index contributed by atoms with van der Waals surface area (Å²) in [7, 11) is -6.09. The van der Waals surface area contributed by atoms with Crippen molar-refractivity contribution >= 4 is 31.8 Å². The predicted molar refractivity (Wildman–Crippen MR) is 112 cm³/mol. The van der Waals surface area contributed by atoms with Gasteiger partial charge in [0.05, 0.1) is 20.0 Å². The Morgan fingerprint density at radius 2 is 1.23 bits per heavy atom. The van der Waals surface area contributed by atoms with Crippen molar-refractivity contribution in [3.05, 3.63) is 114 Å². The second-order valence-corrected chi connectivity index (χ2v) is 9.21. The molecule has 0 radical (unpaired) electrons. The van der Waals surface area contributed by atoms with E-state index in [-0.39, 0.29) is 0 Å². The van der Waals surface area contributed by atoms with Crippen LogP contribution in [0.15, 0.2) is 97.1 Å². The van der Waals surface area contributed by atoms with Gasteiger partial charge in [-0.15, -0.1) is 0 Å². The first-order valence-electron chi connectivity index (χ1n) is 9.03. The van der Waals surface area contributed by atoms with E-state index in [9.17, 15) is 14.0 Å². The largest absolute Gasteiger partial charge is 0.399 e. The lowest BCUT2D eigenvalue weighted by Gasteiger charge is -2.22. The van der Waals surface area contributed by atoms with Crippen LogP contribution in [0.1, 0.15) is 16.7 Å². The number of allylic oxidation sites excluding steroid dienone is 3. The van der Waals surface area contributed by atoms with Gasteiger partial charge in [-0.3, -0.25) is 0 Å². The summed E-state index contributed by atoms with van der Waals surface area (Å²) in [4.78, 5) is 1.19. The molecule has 1 unspecified atom stereocenters. The summed E-state index contributed by atoms with van der Waals surface area (Å²) in [6.45, 7) is 0. The van der Waals surface area contributed by atoms with Crippen LogP contribution < -0.4 is 19.7 Å². The van der Waals surface area contributed by atoms with Crippen LogP contribution in [0.4, 0.5) is 5.69 Å². The average Bonchev–Trinajstić information content (AvgIpc) is 2.75. The second-order valence-electron chi connectivity index (χ2n) is 6.54. The molecular weight excluding hydrogens is 422 g/mol. The van der Waals surface area contributed by atoms with Crippen LogP contribution >= 0.6 is 10.8 Å². The molecule has 0 amide bonds. The number of anilines is 1. The quantitative estimate of drug-likeness (QED) is 0.483. The molecule has 0 saturated carbocycles. The minimum absolute atomic E-state index is 0.580. The van der Waals surface area contributed by atoms with Crippen LogP contribution in [-0.4, -0.2) is 4.86 Å². The number of nitrogen functional groups attached to an aromatic ring is 1. The molecular formula is C23H18ClNO4S. The SMILES string of the molecule is Nc1ccc(C2=S(O[Cl+3]([O-])([O-])[O-])C(c3ccccc3)=CC(c3ccccc3)=C2)cc1. The molecule has 3 aromatic rings. The third-order valence-electron chi connectivity index (χ3n) is 4.47. The molecule has 0 saturated heterocycles. The summed E-state index contributed by atoms with van der Waals surface area (Å²) < 4.78 is 39.8. The zero-order valence-electron chi connectivity index (χ0n) is 15.7. The smallest absolute Gasteiger partial charge is 0.148 e. The monoisotopic (exact) mass is 439 g/mol. The second kappa shape index (κ2) is 8.57. The van der Waals surface area contributed by atoms with Crippen LogP contribution in [0.5, 0.6) is 0 Å². The molecule has 0 aliphatic carbocycles. The molecule has 4 rings (SSSR count). The lowest BCUT2D eigenvalue weighted by molar-refractivity contribution is -1.91. The Kier molecular flexibility index (Phi) is 5.87. The summed E-state index contributed by atoms with van der Waals surface area (Å²) in [5, 5.41) is 0. The van der Waals surface area contributed by atoms with E-state index in [1.807, 2.05) is 72.8 Å². The Morgan fingerprint density at radius 3 is 1.80 bits per heavy atom. The Morgan fingerprint density at radius 1 is 0.667 bits per heavy atom. The van der Waals surface area contributed by atoms with Gasteiger partial charge in [0.1, 0.15) is 14.5 Å². The fourth-order valence-electron chi connectivity index (χ4n) is 3.12. The van der Waals surface area contributed by atoms with Gasteiger partial charge in [0.25, 0.3) is 0 Å². The van der Waals surface area contributed by atoms with Gasteiger partial charge in [-0.1, -0.05) is 72.8 Å². The molecule has 1 atom stereocenters. The maximum atomic E-state index is 11.6. The molecule has 152 valence electrons. The van der Waals surface area contributed by atoms with Crippen molar-refractivity contribution in [3.8, 4) is 0 Å². The first kappa shape index (κ1) is 20.6. The van der Waals surface area contributed by atoms with Crippen LogP contribution in [0.2, 0.25) is 0 Å². The van der Waals surface area contributed by atoms with Gasteiger partial charge in [-0.2, -0.15) is 14.0 Å². The van der Waals surface area contributed by atoms with E-state index in [0.717, 1.165) is 22.3 Å². The van der Waals surface area contributed by atoms with Gasteiger partial charge >= 0.3 is 0 Å². The molecule has 2 N–H and O–H groups in total. The number of halogens is 1. The number of hydrogen-bond donors (Lipinski definition) is 1. The summed E-state index contributed by atoms with van der Waals surface area (Å²) >= 11 is 0.